The SMILES string of the molecule is Cc1nnc(COc2ccccc2C)o1. The predicted octanol–water partition coefficient (Wildman–Crippen LogP) is 2.27. The van der Waals surface area contributed by atoms with Gasteiger partial charge in [0.25, 0.3) is 5.89 Å². The molecule has 4 heteroatoms. The van der Waals surface area contributed by atoms with E-state index in [-0.39, 0.29) is 0 Å². The molecular weight excluding hydrogens is 192 g/mol. The van der Waals surface area contributed by atoms with E-state index < -0.39 is 0 Å². The van der Waals surface area contributed by atoms with Crippen molar-refractivity contribution in [1.82, 2.24) is 10.2 Å². The quantitative estimate of drug-likeness (QED) is 0.769. The molecule has 0 N–H and O–H groups in total. The van der Waals surface area contributed by atoms with Crippen LogP contribution in [0.3, 0.4) is 0 Å². The molecule has 0 saturated carbocycles. The highest BCUT2D eigenvalue weighted by Crippen LogP contribution is 2.17. The monoisotopic (exact) mass is 204 g/mol. The van der Waals surface area contributed by atoms with Crippen molar-refractivity contribution < 1.29 is 9.15 Å². The van der Waals surface area contributed by atoms with Crippen molar-refractivity contribution >= 4 is 0 Å². The molecule has 1 heterocycles. The molecule has 0 aliphatic heterocycles. The molecule has 0 fully saturated rings. The van der Waals surface area contributed by atoms with Gasteiger partial charge < -0.3 is 9.15 Å². The molecule has 0 atom stereocenters. The third kappa shape index (κ3) is 2.34. The van der Waals surface area contributed by atoms with E-state index in [1.165, 1.54) is 0 Å². The highest BCUT2D eigenvalue weighted by molar-refractivity contribution is 5.31. The normalized spacial score (nSPS) is 10.3. The van der Waals surface area contributed by atoms with Gasteiger partial charge in [-0.3, -0.25) is 0 Å². The summed E-state index contributed by atoms with van der Waals surface area (Å²) >= 11 is 0. The number of para-hydroxylation sites is 1. The summed E-state index contributed by atoms with van der Waals surface area (Å²) in [5.74, 6) is 1.89. The van der Waals surface area contributed by atoms with E-state index >= 15 is 0 Å². The van der Waals surface area contributed by atoms with Gasteiger partial charge in [0.2, 0.25) is 5.89 Å². The van der Waals surface area contributed by atoms with E-state index in [0.29, 0.717) is 18.4 Å². The van der Waals surface area contributed by atoms with Crippen molar-refractivity contribution in [2.75, 3.05) is 0 Å². The molecule has 0 unspecified atom stereocenters. The van der Waals surface area contributed by atoms with Gasteiger partial charge in [0.15, 0.2) is 6.61 Å². The Morgan fingerprint density at radius 2 is 2.00 bits per heavy atom. The van der Waals surface area contributed by atoms with E-state index in [9.17, 15) is 0 Å². The number of aromatic nitrogens is 2. The average Bonchev–Trinajstić information content (AvgIpc) is 2.63. The van der Waals surface area contributed by atoms with Crippen LogP contribution in [0.1, 0.15) is 17.3 Å². The van der Waals surface area contributed by atoms with Gasteiger partial charge in [-0.05, 0) is 18.6 Å². The van der Waals surface area contributed by atoms with Crippen LogP contribution in [0.4, 0.5) is 0 Å². The van der Waals surface area contributed by atoms with E-state index in [4.69, 9.17) is 9.15 Å². The van der Waals surface area contributed by atoms with E-state index in [0.717, 1.165) is 11.3 Å². The molecule has 0 saturated heterocycles. The number of nitrogens with zero attached hydrogens (tertiary/aromatic N) is 2. The molecule has 15 heavy (non-hydrogen) atoms. The summed E-state index contributed by atoms with van der Waals surface area (Å²) in [7, 11) is 0. The number of benzene rings is 1. The third-order valence-corrected chi connectivity index (χ3v) is 2.01. The van der Waals surface area contributed by atoms with Crippen molar-refractivity contribution in [3.63, 3.8) is 0 Å². The zero-order chi connectivity index (χ0) is 10.7. The minimum Gasteiger partial charge on any atom is -0.484 e. The van der Waals surface area contributed by atoms with Crippen molar-refractivity contribution in [2.24, 2.45) is 0 Å². The van der Waals surface area contributed by atoms with E-state index in [1.807, 2.05) is 31.2 Å². The van der Waals surface area contributed by atoms with Crippen molar-refractivity contribution in [3.8, 4) is 5.75 Å². The first kappa shape index (κ1) is 9.71. The second-order valence-corrected chi connectivity index (χ2v) is 3.27. The first-order valence-electron chi connectivity index (χ1n) is 4.73. The van der Waals surface area contributed by atoms with Crippen LogP contribution < -0.4 is 4.74 Å². The fourth-order valence-corrected chi connectivity index (χ4v) is 1.25. The molecule has 2 rings (SSSR count). The Morgan fingerprint density at radius 3 is 2.67 bits per heavy atom. The summed E-state index contributed by atoms with van der Waals surface area (Å²) in [6, 6.07) is 7.81. The largest absolute Gasteiger partial charge is 0.484 e. The molecule has 0 spiro atoms. The van der Waals surface area contributed by atoms with Gasteiger partial charge in [-0.15, -0.1) is 10.2 Å². The summed E-state index contributed by atoms with van der Waals surface area (Å²) in [6.07, 6.45) is 0. The standard InChI is InChI=1S/C11H12N2O2/c1-8-5-3-4-6-10(8)14-7-11-13-12-9(2)15-11/h3-6H,7H2,1-2H3. The lowest BCUT2D eigenvalue weighted by Gasteiger charge is -2.05. The Kier molecular flexibility index (Phi) is 2.67. The predicted molar refractivity (Wildman–Crippen MR) is 54.5 cm³/mol. The third-order valence-electron chi connectivity index (χ3n) is 2.01. The lowest BCUT2D eigenvalue weighted by Crippen LogP contribution is -1.97. The van der Waals surface area contributed by atoms with Crippen LogP contribution >= 0.6 is 0 Å². The van der Waals surface area contributed by atoms with Crippen LogP contribution in [-0.2, 0) is 6.61 Å². The Morgan fingerprint density at radius 1 is 1.20 bits per heavy atom. The summed E-state index contributed by atoms with van der Waals surface area (Å²) < 4.78 is 10.7. The van der Waals surface area contributed by atoms with Gasteiger partial charge in [-0.25, -0.2) is 0 Å². The van der Waals surface area contributed by atoms with E-state index in [1.54, 1.807) is 6.92 Å². The Labute approximate surface area is 87.9 Å². The number of hydrogen-bond acceptors (Lipinski definition) is 4. The molecule has 78 valence electrons. The van der Waals surface area contributed by atoms with Crippen LogP contribution in [0.15, 0.2) is 28.7 Å². The Balaban J connectivity index is 2.02. The summed E-state index contributed by atoms with van der Waals surface area (Å²) in [5, 5.41) is 7.57. The van der Waals surface area contributed by atoms with Crippen molar-refractivity contribution in [2.45, 2.75) is 20.5 Å². The number of aryl methyl sites for hydroxylation is 2. The van der Waals surface area contributed by atoms with E-state index in [2.05, 4.69) is 10.2 Å². The van der Waals surface area contributed by atoms with Gasteiger partial charge in [0, 0.05) is 6.92 Å². The van der Waals surface area contributed by atoms with Crippen LogP contribution in [0, 0.1) is 13.8 Å². The summed E-state index contributed by atoms with van der Waals surface area (Å²) in [6.45, 7) is 4.06. The molecule has 1 aromatic carbocycles. The van der Waals surface area contributed by atoms with Gasteiger partial charge in [-0.1, -0.05) is 18.2 Å². The Bertz CT molecular complexity index is 451. The van der Waals surface area contributed by atoms with Crippen LogP contribution in [-0.4, -0.2) is 10.2 Å². The lowest BCUT2D eigenvalue weighted by molar-refractivity contribution is 0.259. The second kappa shape index (κ2) is 4.13. The number of ether oxygens (including phenoxy) is 1. The molecule has 0 amide bonds. The molecule has 1 aromatic heterocycles. The van der Waals surface area contributed by atoms with Crippen LogP contribution in [0.2, 0.25) is 0 Å². The number of hydrogen-bond donors (Lipinski definition) is 0. The fourth-order valence-electron chi connectivity index (χ4n) is 1.25. The first-order valence-corrected chi connectivity index (χ1v) is 4.73. The van der Waals surface area contributed by atoms with Crippen LogP contribution in [0.25, 0.3) is 0 Å². The zero-order valence-corrected chi connectivity index (χ0v) is 8.73. The highest BCUT2D eigenvalue weighted by atomic mass is 16.5. The average molecular weight is 204 g/mol. The van der Waals surface area contributed by atoms with Crippen molar-refractivity contribution in [3.05, 3.63) is 41.6 Å². The zero-order valence-electron chi connectivity index (χ0n) is 8.73. The lowest BCUT2D eigenvalue weighted by atomic mass is 10.2. The van der Waals surface area contributed by atoms with Gasteiger partial charge >= 0.3 is 0 Å². The molecule has 4 nitrogen and oxygen atoms in total. The smallest absolute Gasteiger partial charge is 0.253 e. The maximum absolute atomic E-state index is 5.54. The topological polar surface area (TPSA) is 48.2 Å². The van der Waals surface area contributed by atoms with Gasteiger partial charge in [-0.2, -0.15) is 0 Å². The van der Waals surface area contributed by atoms with Gasteiger partial charge in [0.1, 0.15) is 5.75 Å². The first-order chi connectivity index (χ1) is 7.25. The minimum atomic E-state index is 0.311. The molecule has 2 aromatic rings. The summed E-state index contributed by atoms with van der Waals surface area (Å²) in [5.41, 5.74) is 1.09. The second-order valence-electron chi connectivity index (χ2n) is 3.27. The molecule has 0 radical (unpaired) electrons. The molecular formula is C11H12N2O2. The molecule has 0 bridgehead atoms. The highest BCUT2D eigenvalue weighted by Gasteiger charge is 2.04. The maximum atomic E-state index is 5.54. The summed E-state index contributed by atoms with van der Waals surface area (Å²) in [4.78, 5) is 0. The Hall–Kier alpha value is -1.84. The number of rotatable bonds is 3. The van der Waals surface area contributed by atoms with Gasteiger partial charge in [0.05, 0.1) is 0 Å². The maximum Gasteiger partial charge on any atom is 0.253 e. The van der Waals surface area contributed by atoms with Crippen molar-refractivity contribution in [1.29, 1.82) is 0 Å². The molecule has 0 aliphatic carbocycles. The molecule has 0 aliphatic rings. The fraction of sp³-hybridized carbons (Fsp3) is 0.273. The minimum absolute atomic E-state index is 0.311. The van der Waals surface area contributed by atoms with Crippen LogP contribution in [0.5, 0.6) is 5.75 Å².